The molecule has 0 aliphatic heterocycles. The predicted molar refractivity (Wildman–Crippen MR) is 126 cm³/mol. The van der Waals surface area contributed by atoms with Crippen molar-refractivity contribution in [1.82, 2.24) is 4.98 Å². The summed E-state index contributed by atoms with van der Waals surface area (Å²) >= 11 is 0. The van der Waals surface area contributed by atoms with Crippen LogP contribution in [0.4, 0.5) is 5.69 Å². The second-order valence-electron chi connectivity index (χ2n) is 7.25. The fraction of sp³-hybridized carbons (Fsp3) is 0.160. The summed E-state index contributed by atoms with van der Waals surface area (Å²) in [4.78, 5) is 4.73. The summed E-state index contributed by atoms with van der Waals surface area (Å²) in [6.45, 7) is 1.74. The van der Waals surface area contributed by atoms with Gasteiger partial charge in [0.2, 0.25) is 5.89 Å². The number of nitrogens with zero attached hydrogens (tertiary/aromatic N) is 2. The van der Waals surface area contributed by atoms with Gasteiger partial charge in [0.1, 0.15) is 23.0 Å². The molecule has 0 aliphatic carbocycles. The molecule has 0 saturated heterocycles. The van der Waals surface area contributed by atoms with Gasteiger partial charge in [0.25, 0.3) is 10.0 Å². The Bertz CT molecular complexity index is 1330. The smallest absolute Gasteiger partial charge is 0.264 e. The Hall–Kier alpha value is -3.78. The van der Waals surface area contributed by atoms with Crippen molar-refractivity contribution >= 4 is 15.7 Å². The molecule has 1 heterocycles. The lowest BCUT2D eigenvalue weighted by molar-refractivity contribution is 0.414. The minimum absolute atomic E-state index is 0.0309. The number of aryl methyl sites for hydroxylation is 1. The fourth-order valence-corrected chi connectivity index (χ4v) is 4.86. The van der Waals surface area contributed by atoms with Gasteiger partial charge in [-0.15, -0.1) is 0 Å². The third kappa shape index (κ3) is 4.56. The van der Waals surface area contributed by atoms with Crippen molar-refractivity contribution in [3.63, 3.8) is 0 Å². The van der Waals surface area contributed by atoms with Gasteiger partial charge in [-0.05, 0) is 55.5 Å². The molecule has 0 atom stereocenters. The van der Waals surface area contributed by atoms with Crippen LogP contribution in [0.3, 0.4) is 0 Å². The highest BCUT2D eigenvalue weighted by Gasteiger charge is 2.29. The molecule has 4 rings (SSSR count). The summed E-state index contributed by atoms with van der Waals surface area (Å²) in [6.07, 6.45) is 0. The van der Waals surface area contributed by atoms with Crippen molar-refractivity contribution in [3.05, 3.63) is 90.3 Å². The summed E-state index contributed by atoms with van der Waals surface area (Å²) in [5.74, 6) is 1.97. The van der Waals surface area contributed by atoms with Crippen molar-refractivity contribution in [1.29, 1.82) is 0 Å². The Morgan fingerprint density at radius 2 is 1.55 bits per heavy atom. The number of para-hydroxylation sites is 2. The van der Waals surface area contributed by atoms with Crippen LogP contribution in [-0.4, -0.2) is 27.6 Å². The molecule has 8 heteroatoms. The van der Waals surface area contributed by atoms with Crippen LogP contribution in [0.2, 0.25) is 0 Å². The number of ether oxygens (including phenoxy) is 2. The Balaban J connectivity index is 1.79. The van der Waals surface area contributed by atoms with E-state index in [0.29, 0.717) is 34.5 Å². The number of benzene rings is 3. The molecule has 7 nitrogen and oxygen atoms in total. The van der Waals surface area contributed by atoms with Crippen LogP contribution in [0, 0.1) is 6.92 Å². The summed E-state index contributed by atoms with van der Waals surface area (Å²) < 4.78 is 45.3. The van der Waals surface area contributed by atoms with Crippen LogP contribution >= 0.6 is 0 Å². The average molecular weight is 465 g/mol. The molecular weight excluding hydrogens is 440 g/mol. The maximum Gasteiger partial charge on any atom is 0.264 e. The van der Waals surface area contributed by atoms with Gasteiger partial charge in [-0.1, -0.05) is 30.3 Å². The largest absolute Gasteiger partial charge is 0.497 e. The summed E-state index contributed by atoms with van der Waals surface area (Å²) in [5, 5.41) is 0. The van der Waals surface area contributed by atoms with E-state index < -0.39 is 10.0 Å². The van der Waals surface area contributed by atoms with E-state index >= 15 is 0 Å². The van der Waals surface area contributed by atoms with Crippen LogP contribution in [-0.2, 0) is 16.6 Å². The number of hydrogen-bond donors (Lipinski definition) is 0. The summed E-state index contributed by atoms with van der Waals surface area (Å²) in [7, 11) is -0.930. The molecule has 1 aromatic heterocycles. The maximum atomic E-state index is 13.8. The van der Waals surface area contributed by atoms with Gasteiger partial charge >= 0.3 is 0 Å². The Morgan fingerprint density at radius 3 is 2.21 bits per heavy atom. The van der Waals surface area contributed by atoms with Crippen molar-refractivity contribution in [2.75, 3.05) is 18.5 Å². The standard InChI is InChI=1S/C25H24N2O5S/c1-18-22(26-25(32-18)19-9-5-4-6-10-19)17-27(23-11-7-8-12-24(23)31-3)33(28,29)21-15-13-20(30-2)14-16-21/h4-16H,17H2,1-3H3. The molecule has 0 bridgehead atoms. The van der Waals surface area contributed by atoms with Gasteiger partial charge in [-0.2, -0.15) is 0 Å². The average Bonchev–Trinajstić information content (AvgIpc) is 3.23. The minimum atomic E-state index is -3.97. The highest BCUT2D eigenvalue weighted by Crippen LogP contribution is 2.35. The van der Waals surface area contributed by atoms with Gasteiger partial charge < -0.3 is 13.9 Å². The van der Waals surface area contributed by atoms with E-state index in [2.05, 4.69) is 4.98 Å². The van der Waals surface area contributed by atoms with Crippen LogP contribution in [0.5, 0.6) is 11.5 Å². The highest BCUT2D eigenvalue weighted by molar-refractivity contribution is 7.92. The first-order valence-corrected chi connectivity index (χ1v) is 11.7. The van der Waals surface area contributed by atoms with Gasteiger partial charge in [-0.3, -0.25) is 4.31 Å². The molecule has 0 unspecified atom stereocenters. The van der Waals surface area contributed by atoms with Crippen LogP contribution in [0.1, 0.15) is 11.5 Å². The SMILES string of the molecule is COc1ccc(S(=O)(=O)N(Cc2nc(-c3ccccc3)oc2C)c2ccccc2OC)cc1. The molecule has 0 saturated carbocycles. The highest BCUT2D eigenvalue weighted by atomic mass is 32.2. The number of rotatable bonds is 8. The van der Waals surface area contributed by atoms with Gasteiger partial charge in [-0.25, -0.2) is 13.4 Å². The first-order chi connectivity index (χ1) is 15.9. The van der Waals surface area contributed by atoms with E-state index in [1.807, 2.05) is 30.3 Å². The first-order valence-electron chi connectivity index (χ1n) is 10.3. The van der Waals surface area contributed by atoms with E-state index in [1.165, 1.54) is 30.7 Å². The zero-order valence-corrected chi connectivity index (χ0v) is 19.4. The molecule has 0 aliphatic rings. The quantitative estimate of drug-likeness (QED) is 0.362. The third-order valence-electron chi connectivity index (χ3n) is 5.21. The van der Waals surface area contributed by atoms with E-state index in [9.17, 15) is 8.42 Å². The van der Waals surface area contributed by atoms with Crippen molar-refractivity contribution in [2.24, 2.45) is 0 Å². The number of sulfonamides is 1. The van der Waals surface area contributed by atoms with E-state index in [4.69, 9.17) is 13.9 Å². The second kappa shape index (κ2) is 9.38. The van der Waals surface area contributed by atoms with Crippen molar-refractivity contribution in [3.8, 4) is 23.0 Å². The van der Waals surface area contributed by atoms with Crippen LogP contribution in [0.25, 0.3) is 11.5 Å². The Kier molecular flexibility index (Phi) is 6.37. The normalized spacial score (nSPS) is 11.2. The molecule has 0 fully saturated rings. The molecule has 0 spiro atoms. The zero-order valence-electron chi connectivity index (χ0n) is 18.6. The van der Waals surface area contributed by atoms with E-state index in [-0.39, 0.29) is 11.4 Å². The van der Waals surface area contributed by atoms with E-state index in [0.717, 1.165) is 5.56 Å². The molecule has 4 aromatic rings. The summed E-state index contributed by atoms with van der Waals surface area (Å²) in [5.41, 5.74) is 1.73. The summed E-state index contributed by atoms with van der Waals surface area (Å²) in [6, 6.07) is 22.7. The predicted octanol–water partition coefficient (Wildman–Crippen LogP) is 5.06. The zero-order chi connectivity index (χ0) is 23.4. The second-order valence-corrected chi connectivity index (χ2v) is 9.11. The van der Waals surface area contributed by atoms with E-state index in [1.54, 1.807) is 43.3 Å². The fourth-order valence-electron chi connectivity index (χ4n) is 3.43. The number of oxazole rings is 1. The lowest BCUT2D eigenvalue weighted by Gasteiger charge is -2.25. The molecule has 3 aromatic carbocycles. The van der Waals surface area contributed by atoms with Gasteiger partial charge in [0, 0.05) is 5.56 Å². The monoisotopic (exact) mass is 464 g/mol. The third-order valence-corrected chi connectivity index (χ3v) is 6.98. The molecule has 0 radical (unpaired) electrons. The maximum absolute atomic E-state index is 13.8. The van der Waals surface area contributed by atoms with Gasteiger partial charge in [0.15, 0.2) is 0 Å². The number of anilines is 1. The molecule has 170 valence electrons. The molecule has 0 amide bonds. The minimum Gasteiger partial charge on any atom is -0.497 e. The molecular formula is C25H24N2O5S. The van der Waals surface area contributed by atoms with Crippen molar-refractivity contribution < 1.29 is 22.3 Å². The van der Waals surface area contributed by atoms with Gasteiger partial charge in [0.05, 0.1) is 31.3 Å². The Morgan fingerprint density at radius 1 is 0.879 bits per heavy atom. The van der Waals surface area contributed by atoms with Crippen molar-refractivity contribution in [2.45, 2.75) is 18.4 Å². The lowest BCUT2D eigenvalue weighted by Crippen LogP contribution is -2.31. The number of methoxy groups -OCH3 is 2. The lowest BCUT2D eigenvalue weighted by atomic mass is 10.2. The topological polar surface area (TPSA) is 81.9 Å². The Labute approximate surface area is 193 Å². The van der Waals surface area contributed by atoms with Crippen LogP contribution in [0.15, 0.2) is 88.2 Å². The molecule has 0 N–H and O–H groups in total. The van der Waals surface area contributed by atoms with Crippen LogP contribution < -0.4 is 13.8 Å². The number of aromatic nitrogens is 1. The number of hydrogen-bond acceptors (Lipinski definition) is 6. The molecule has 33 heavy (non-hydrogen) atoms. The first kappa shape index (κ1) is 22.4.